The third-order valence-corrected chi connectivity index (χ3v) is 5.50. The van der Waals surface area contributed by atoms with E-state index in [9.17, 15) is 4.79 Å². The molecular weight excluding hydrogens is 464 g/mol. The topological polar surface area (TPSA) is 69.2 Å². The molecular formula is C28H31ClN2O4. The lowest BCUT2D eigenvalue weighted by Gasteiger charge is -2.12. The van der Waals surface area contributed by atoms with E-state index in [1.165, 1.54) is 26.2 Å². The Bertz CT molecular complexity index is 1120. The molecule has 0 spiro atoms. The predicted octanol–water partition coefficient (Wildman–Crippen LogP) is 6.65. The van der Waals surface area contributed by atoms with Crippen molar-refractivity contribution in [3.05, 3.63) is 88.4 Å². The van der Waals surface area contributed by atoms with Gasteiger partial charge >= 0.3 is 0 Å². The van der Waals surface area contributed by atoms with E-state index in [-0.39, 0.29) is 5.91 Å². The summed E-state index contributed by atoms with van der Waals surface area (Å²) in [6.07, 6.45) is 6.00. The van der Waals surface area contributed by atoms with Crippen molar-refractivity contribution in [2.45, 2.75) is 39.2 Å². The maximum Gasteiger partial charge on any atom is 0.271 e. The monoisotopic (exact) mass is 494 g/mol. The summed E-state index contributed by atoms with van der Waals surface area (Å²) in [5, 5.41) is 4.66. The highest BCUT2D eigenvalue weighted by Gasteiger charge is 2.11. The van der Waals surface area contributed by atoms with E-state index in [1.807, 2.05) is 36.4 Å². The molecule has 0 atom stereocenters. The average molecular weight is 495 g/mol. The minimum Gasteiger partial charge on any atom is -0.493 e. The molecule has 0 aliphatic heterocycles. The summed E-state index contributed by atoms with van der Waals surface area (Å²) in [6.45, 7) is 3.19. The maximum atomic E-state index is 12.6. The van der Waals surface area contributed by atoms with Gasteiger partial charge in [-0.3, -0.25) is 4.79 Å². The largest absolute Gasteiger partial charge is 0.493 e. The van der Waals surface area contributed by atoms with Gasteiger partial charge in [-0.15, -0.1) is 0 Å². The van der Waals surface area contributed by atoms with E-state index in [0.29, 0.717) is 46.6 Å². The predicted molar refractivity (Wildman–Crippen MR) is 140 cm³/mol. The molecule has 0 fully saturated rings. The quantitative estimate of drug-likeness (QED) is 0.164. The van der Waals surface area contributed by atoms with Crippen LogP contribution in [0.3, 0.4) is 0 Å². The number of hydrogen-bond acceptors (Lipinski definition) is 5. The Balaban J connectivity index is 1.60. The molecule has 0 radical (unpaired) electrons. The van der Waals surface area contributed by atoms with Gasteiger partial charge in [0.2, 0.25) is 0 Å². The van der Waals surface area contributed by atoms with Gasteiger partial charge in [0, 0.05) is 16.1 Å². The lowest BCUT2D eigenvalue weighted by molar-refractivity contribution is 0.0954. The van der Waals surface area contributed by atoms with Crippen LogP contribution in [0, 0.1) is 0 Å². The minimum atomic E-state index is -0.377. The Hall–Kier alpha value is -3.51. The van der Waals surface area contributed by atoms with Gasteiger partial charge < -0.3 is 14.2 Å². The Kier molecular flexibility index (Phi) is 10.5. The summed E-state index contributed by atoms with van der Waals surface area (Å²) in [4.78, 5) is 12.6. The van der Waals surface area contributed by atoms with Crippen LogP contribution in [0.25, 0.3) is 0 Å². The van der Waals surface area contributed by atoms with Crippen LogP contribution in [-0.2, 0) is 6.61 Å². The number of nitrogens with zero attached hydrogens (tertiary/aromatic N) is 1. The highest BCUT2D eigenvalue weighted by molar-refractivity contribution is 6.30. The zero-order valence-corrected chi connectivity index (χ0v) is 20.9. The van der Waals surface area contributed by atoms with Crippen LogP contribution in [0.15, 0.2) is 71.8 Å². The number of hydrogen-bond donors (Lipinski definition) is 1. The van der Waals surface area contributed by atoms with Crippen molar-refractivity contribution in [3.8, 4) is 17.2 Å². The SMILES string of the molecule is CCCCCCOc1ccc(Cl)cc1/C=N/NC(=O)c1ccc(OCc2ccccc2)c(OC)c1. The van der Waals surface area contributed by atoms with Gasteiger partial charge in [0.25, 0.3) is 5.91 Å². The van der Waals surface area contributed by atoms with E-state index in [2.05, 4.69) is 17.5 Å². The molecule has 0 unspecified atom stereocenters. The fraction of sp³-hybridized carbons (Fsp3) is 0.286. The molecule has 184 valence electrons. The third-order valence-electron chi connectivity index (χ3n) is 5.26. The smallest absolute Gasteiger partial charge is 0.271 e. The number of halogens is 1. The van der Waals surface area contributed by atoms with E-state index in [4.69, 9.17) is 25.8 Å². The highest BCUT2D eigenvalue weighted by atomic mass is 35.5. The van der Waals surface area contributed by atoms with Crippen LogP contribution in [0.2, 0.25) is 5.02 Å². The molecule has 3 aromatic carbocycles. The number of rotatable bonds is 13. The molecule has 7 heteroatoms. The number of benzene rings is 3. The Morgan fingerprint density at radius 3 is 2.51 bits per heavy atom. The summed E-state index contributed by atoms with van der Waals surface area (Å²) in [5.41, 5.74) is 4.66. The fourth-order valence-corrected chi connectivity index (χ4v) is 3.53. The Morgan fingerprint density at radius 2 is 1.74 bits per heavy atom. The molecule has 6 nitrogen and oxygen atoms in total. The van der Waals surface area contributed by atoms with E-state index >= 15 is 0 Å². The molecule has 1 amide bonds. The van der Waals surface area contributed by atoms with Gasteiger partial charge in [-0.2, -0.15) is 5.10 Å². The number of ether oxygens (including phenoxy) is 3. The van der Waals surface area contributed by atoms with Crippen molar-refractivity contribution in [2.75, 3.05) is 13.7 Å². The number of methoxy groups -OCH3 is 1. The normalized spacial score (nSPS) is 10.8. The van der Waals surface area contributed by atoms with Crippen molar-refractivity contribution in [1.29, 1.82) is 0 Å². The van der Waals surface area contributed by atoms with Gasteiger partial charge in [0.05, 0.1) is 19.9 Å². The summed E-state index contributed by atoms with van der Waals surface area (Å²) in [6, 6.07) is 20.2. The lowest BCUT2D eigenvalue weighted by Crippen LogP contribution is -2.17. The highest BCUT2D eigenvalue weighted by Crippen LogP contribution is 2.29. The molecule has 0 bridgehead atoms. The van der Waals surface area contributed by atoms with Crippen LogP contribution in [0.5, 0.6) is 17.2 Å². The van der Waals surface area contributed by atoms with Crippen molar-refractivity contribution in [3.63, 3.8) is 0 Å². The number of unbranched alkanes of at least 4 members (excludes halogenated alkanes) is 3. The first-order chi connectivity index (χ1) is 17.1. The van der Waals surface area contributed by atoms with Crippen molar-refractivity contribution >= 4 is 23.7 Å². The molecule has 0 saturated carbocycles. The average Bonchev–Trinajstić information content (AvgIpc) is 2.88. The molecule has 0 aromatic heterocycles. The van der Waals surface area contributed by atoms with E-state index in [0.717, 1.165) is 18.4 Å². The first-order valence-corrected chi connectivity index (χ1v) is 12.1. The summed E-state index contributed by atoms with van der Waals surface area (Å²) >= 11 is 6.14. The zero-order chi connectivity index (χ0) is 24.9. The van der Waals surface area contributed by atoms with Crippen molar-refractivity contribution in [2.24, 2.45) is 5.10 Å². The fourth-order valence-electron chi connectivity index (χ4n) is 3.35. The van der Waals surface area contributed by atoms with E-state index < -0.39 is 0 Å². The van der Waals surface area contributed by atoms with E-state index in [1.54, 1.807) is 30.3 Å². The molecule has 0 aliphatic carbocycles. The number of hydrazone groups is 1. The second-order valence-electron chi connectivity index (χ2n) is 7.93. The molecule has 3 rings (SSSR count). The first kappa shape index (κ1) is 26.1. The van der Waals surface area contributed by atoms with Gasteiger partial charge in [0.15, 0.2) is 11.5 Å². The second kappa shape index (κ2) is 14.0. The van der Waals surface area contributed by atoms with Gasteiger partial charge in [-0.25, -0.2) is 5.43 Å². The van der Waals surface area contributed by atoms with Crippen LogP contribution < -0.4 is 19.6 Å². The third kappa shape index (κ3) is 8.34. The first-order valence-electron chi connectivity index (χ1n) is 11.7. The lowest BCUT2D eigenvalue weighted by atomic mass is 10.2. The zero-order valence-electron chi connectivity index (χ0n) is 20.1. The minimum absolute atomic E-state index is 0.377. The molecule has 3 aromatic rings. The number of carbonyl (C=O) groups is 1. The molecule has 1 N–H and O–H groups in total. The maximum absolute atomic E-state index is 12.6. The van der Waals surface area contributed by atoms with Crippen LogP contribution in [0.4, 0.5) is 0 Å². The molecule has 0 saturated heterocycles. The van der Waals surface area contributed by atoms with Gasteiger partial charge in [-0.1, -0.05) is 68.1 Å². The number of nitrogens with one attached hydrogen (secondary N) is 1. The van der Waals surface area contributed by atoms with Crippen molar-refractivity contribution < 1.29 is 19.0 Å². The van der Waals surface area contributed by atoms with Crippen LogP contribution >= 0.6 is 11.6 Å². The standard InChI is InChI=1S/C28H31ClN2O4/c1-3-4-5-9-16-34-25-15-13-24(29)17-23(25)19-30-31-28(32)22-12-14-26(27(18-22)33-2)35-20-21-10-7-6-8-11-21/h6-8,10-15,17-19H,3-5,9,16,20H2,1-2H3,(H,31,32)/b30-19+. The van der Waals surface area contributed by atoms with Gasteiger partial charge in [0.1, 0.15) is 12.4 Å². The van der Waals surface area contributed by atoms with Gasteiger partial charge in [-0.05, 0) is 48.4 Å². The Morgan fingerprint density at radius 1 is 0.943 bits per heavy atom. The summed E-state index contributed by atoms with van der Waals surface area (Å²) < 4.78 is 17.2. The number of amides is 1. The second-order valence-corrected chi connectivity index (χ2v) is 8.37. The Labute approximate surface area is 211 Å². The van der Waals surface area contributed by atoms with Crippen LogP contribution in [-0.4, -0.2) is 25.8 Å². The summed E-state index contributed by atoms with van der Waals surface area (Å²) in [7, 11) is 1.54. The molecule has 0 heterocycles. The number of carbonyl (C=O) groups excluding carboxylic acids is 1. The molecule has 35 heavy (non-hydrogen) atoms. The van der Waals surface area contributed by atoms with Crippen LogP contribution in [0.1, 0.15) is 54.1 Å². The molecule has 0 aliphatic rings. The summed E-state index contributed by atoms with van der Waals surface area (Å²) in [5.74, 6) is 1.31. The van der Waals surface area contributed by atoms with Crippen molar-refractivity contribution in [1.82, 2.24) is 5.43 Å².